The highest BCUT2D eigenvalue weighted by atomic mass is 16.1. The van der Waals surface area contributed by atoms with Gasteiger partial charge in [0.25, 0.3) is 0 Å². The van der Waals surface area contributed by atoms with Crippen molar-refractivity contribution in [2.24, 2.45) is 0 Å². The van der Waals surface area contributed by atoms with Crippen LogP contribution < -0.4 is 0 Å². The fourth-order valence-electron chi connectivity index (χ4n) is 0. The molecule has 0 aliphatic carbocycles. The zero-order chi connectivity index (χ0) is 3.41. The van der Waals surface area contributed by atoms with Crippen molar-refractivity contribution in [2.75, 3.05) is 0 Å². The Balaban J connectivity index is 2.73. The molecule has 0 bridgehead atoms. The van der Waals surface area contributed by atoms with Gasteiger partial charge in [0.05, 0.1) is 6.21 Å². The van der Waals surface area contributed by atoms with E-state index in [-0.39, 0.29) is 0 Å². The fourth-order valence-corrected chi connectivity index (χ4v) is 0. The van der Waals surface area contributed by atoms with Crippen molar-refractivity contribution < 1.29 is 4.79 Å². The Labute approximate surface area is 24.0 Å². The SMILES string of the molecule is N=CC=O. The van der Waals surface area contributed by atoms with Crippen molar-refractivity contribution in [3.05, 3.63) is 0 Å². The third-order valence-electron chi connectivity index (χ3n) is 0.0680. The van der Waals surface area contributed by atoms with E-state index in [4.69, 9.17) is 10.2 Å². The van der Waals surface area contributed by atoms with Crippen LogP contribution in [0.4, 0.5) is 0 Å². The van der Waals surface area contributed by atoms with Gasteiger partial charge in [-0.05, 0) is 0 Å². The second kappa shape index (κ2) is 2.34. The molecule has 0 heterocycles. The van der Waals surface area contributed by atoms with Crippen molar-refractivity contribution in [3.8, 4) is 0 Å². The van der Waals surface area contributed by atoms with Crippen molar-refractivity contribution in [1.82, 2.24) is 0 Å². The monoisotopic (exact) mass is 57.0 g/mol. The van der Waals surface area contributed by atoms with Gasteiger partial charge in [0, 0.05) is 0 Å². The first kappa shape index (κ1) is 3.34. The van der Waals surface area contributed by atoms with Crippen LogP contribution in [-0.4, -0.2) is 12.5 Å². The first-order valence-electron chi connectivity index (χ1n) is 0.858. The molecule has 0 amide bonds. The number of nitrogens with one attached hydrogen (secondary N) is 1. The molecule has 0 aromatic heterocycles. The summed E-state index contributed by atoms with van der Waals surface area (Å²) in [6.45, 7) is 0. The molecule has 1 N–H and O–H groups in total. The largest absolute Gasteiger partial charge is 0.305 e. The minimum Gasteiger partial charge on any atom is -0.305 e. The molecule has 0 aliphatic heterocycles. The molecule has 0 fully saturated rings. The summed E-state index contributed by atoms with van der Waals surface area (Å²) in [6, 6.07) is 0. The molecule has 0 aromatic carbocycles. The van der Waals surface area contributed by atoms with E-state index in [2.05, 4.69) is 0 Å². The van der Waals surface area contributed by atoms with Gasteiger partial charge in [-0.3, -0.25) is 4.79 Å². The minimum atomic E-state index is 0.417. The fraction of sp³-hybridized carbons (Fsp3) is 0. The number of rotatable bonds is 1. The van der Waals surface area contributed by atoms with Crippen LogP contribution in [0, 0.1) is 5.41 Å². The molecule has 2 nitrogen and oxygen atoms in total. The molecule has 0 saturated heterocycles. The van der Waals surface area contributed by atoms with E-state index in [1.165, 1.54) is 0 Å². The third-order valence-corrected chi connectivity index (χ3v) is 0.0680. The Morgan fingerprint density at radius 3 is 2.00 bits per heavy atom. The molecule has 2 heteroatoms. The zero-order valence-electron chi connectivity index (χ0n) is 2.06. The zero-order valence-corrected chi connectivity index (χ0v) is 2.06. The summed E-state index contributed by atoms with van der Waals surface area (Å²) >= 11 is 0. The number of hydrogen-bond acceptors (Lipinski definition) is 2. The van der Waals surface area contributed by atoms with E-state index in [0.717, 1.165) is 0 Å². The van der Waals surface area contributed by atoms with E-state index in [0.29, 0.717) is 12.5 Å². The second-order valence-electron chi connectivity index (χ2n) is 0.303. The van der Waals surface area contributed by atoms with Gasteiger partial charge >= 0.3 is 0 Å². The van der Waals surface area contributed by atoms with E-state index in [1.807, 2.05) is 0 Å². The maximum Gasteiger partial charge on any atom is 0.160 e. The predicted octanol–water partition coefficient (Wildman–Crippen LogP) is -0.165. The van der Waals surface area contributed by atoms with Gasteiger partial charge in [-0.1, -0.05) is 0 Å². The van der Waals surface area contributed by atoms with Crippen molar-refractivity contribution in [3.63, 3.8) is 0 Å². The maximum absolute atomic E-state index is 8.93. The van der Waals surface area contributed by atoms with Crippen molar-refractivity contribution >= 4 is 12.5 Å². The predicted molar refractivity (Wildman–Crippen MR) is 14.8 cm³/mol. The lowest BCUT2D eigenvalue weighted by Gasteiger charge is -1.36. The van der Waals surface area contributed by atoms with Crippen LogP contribution in [0.3, 0.4) is 0 Å². The first-order valence-corrected chi connectivity index (χ1v) is 0.858. The molecule has 0 rings (SSSR count). The highest BCUT2D eigenvalue weighted by Crippen LogP contribution is 1.15. The van der Waals surface area contributed by atoms with Crippen LogP contribution in [0.15, 0.2) is 0 Å². The molecular weight excluding hydrogens is 54.0 g/mol. The Kier molecular flexibility index (Phi) is 1.95. The maximum atomic E-state index is 8.93. The number of hydrogen-bond donors (Lipinski definition) is 1. The minimum absolute atomic E-state index is 0.417. The summed E-state index contributed by atoms with van der Waals surface area (Å²) in [4.78, 5) is 8.93. The molecule has 0 saturated carbocycles. The first-order chi connectivity index (χ1) is 1.91. The Morgan fingerprint density at radius 1 is 1.75 bits per heavy atom. The number of carbonyl (C=O) groups excluding carboxylic acids is 1. The Bertz CT molecular complexity index is 27.0. The van der Waals surface area contributed by atoms with Crippen molar-refractivity contribution in [2.45, 2.75) is 0 Å². The summed E-state index contributed by atoms with van der Waals surface area (Å²) in [6.07, 6.45) is 1.11. The third kappa shape index (κ3) is 1.34. The molecule has 0 unspecified atom stereocenters. The van der Waals surface area contributed by atoms with Crippen LogP contribution in [0.2, 0.25) is 0 Å². The Morgan fingerprint density at radius 2 is 2.00 bits per heavy atom. The lowest BCUT2D eigenvalue weighted by atomic mass is 10.9. The molecule has 0 aromatic rings. The highest BCUT2D eigenvalue weighted by Gasteiger charge is 1.40. The van der Waals surface area contributed by atoms with E-state index < -0.39 is 0 Å². The lowest BCUT2D eigenvalue weighted by Crippen LogP contribution is -1.60. The Hall–Kier alpha value is -0.660. The molecule has 0 atom stereocenters. The smallest absolute Gasteiger partial charge is 0.160 e. The van der Waals surface area contributed by atoms with Crippen LogP contribution >= 0.6 is 0 Å². The van der Waals surface area contributed by atoms with Crippen LogP contribution in [0.5, 0.6) is 0 Å². The molecule has 0 aliphatic rings. The van der Waals surface area contributed by atoms with E-state index in [1.54, 1.807) is 0 Å². The average Bonchev–Trinajstić information content (AvgIpc) is 1.37. The topological polar surface area (TPSA) is 40.9 Å². The van der Waals surface area contributed by atoms with E-state index in [9.17, 15) is 0 Å². The van der Waals surface area contributed by atoms with Crippen LogP contribution in [0.25, 0.3) is 0 Å². The number of aldehydes is 1. The average molecular weight is 57.1 g/mol. The quantitative estimate of drug-likeness (QED) is 0.329. The van der Waals surface area contributed by atoms with Gasteiger partial charge in [0.2, 0.25) is 0 Å². The summed E-state index contributed by atoms with van der Waals surface area (Å²) < 4.78 is 0. The van der Waals surface area contributed by atoms with Gasteiger partial charge in [0.15, 0.2) is 6.29 Å². The van der Waals surface area contributed by atoms with Gasteiger partial charge < -0.3 is 5.41 Å². The molecular formula is C2H3NO. The highest BCUT2D eigenvalue weighted by molar-refractivity contribution is 6.11. The van der Waals surface area contributed by atoms with Gasteiger partial charge in [0.1, 0.15) is 0 Å². The summed E-state index contributed by atoms with van der Waals surface area (Å²) in [7, 11) is 0. The van der Waals surface area contributed by atoms with E-state index >= 15 is 0 Å². The molecule has 0 radical (unpaired) electrons. The summed E-state index contributed by atoms with van der Waals surface area (Å²) in [5.41, 5.74) is 0. The number of carbonyl (C=O) groups is 1. The molecule has 0 spiro atoms. The van der Waals surface area contributed by atoms with Gasteiger partial charge in [-0.25, -0.2) is 0 Å². The van der Waals surface area contributed by atoms with Crippen LogP contribution in [-0.2, 0) is 4.79 Å². The standard InChI is InChI=1S/C2H3NO/c3-1-2-4/h1-3H. The van der Waals surface area contributed by atoms with Gasteiger partial charge in [-0.15, -0.1) is 0 Å². The summed E-state index contributed by atoms with van der Waals surface area (Å²) in [5.74, 6) is 0. The normalized spacial score (nSPS) is 5.00. The van der Waals surface area contributed by atoms with Crippen molar-refractivity contribution in [1.29, 1.82) is 5.41 Å². The van der Waals surface area contributed by atoms with Gasteiger partial charge in [-0.2, -0.15) is 0 Å². The molecule has 22 valence electrons. The second-order valence-corrected chi connectivity index (χ2v) is 0.303. The summed E-state index contributed by atoms with van der Waals surface area (Å²) in [5, 5.41) is 5.96. The van der Waals surface area contributed by atoms with Crippen LogP contribution in [0.1, 0.15) is 0 Å². The molecule has 4 heavy (non-hydrogen) atoms. The lowest BCUT2D eigenvalue weighted by molar-refractivity contribution is -0.102.